The molecule has 0 spiro atoms. The predicted molar refractivity (Wildman–Crippen MR) is 95.1 cm³/mol. The minimum absolute atomic E-state index is 0.222. The van der Waals surface area contributed by atoms with Gasteiger partial charge in [0, 0.05) is 4.88 Å². The lowest BCUT2D eigenvalue weighted by Crippen LogP contribution is -2.09. The number of thioether (sulfide) groups is 1. The Hall–Kier alpha value is -1.34. The number of nitrogens with two attached hydrogens (primary N) is 1. The van der Waals surface area contributed by atoms with Crippen molar-refractivity contribution >= 4 is 45.1 Å². The van der Waals surface area contributed by atoms with Crippen LogP contribution in [0.25, 0.3) is 10.2 Å². The molecule has 2 aromatic heterocycles. The summed E-state index contributed by atoms with van der Waals surface area (Å²) >= 11 is 3.01. The van der Waals surface area contributed by atoms with Crippen LogP contribution >= 0.6 is 23.1 Å². The van der Waals surface area contributed by atoms with Crippen molar-refractivity contribution in [3.05, 3.63) is 10.4 Å². The first-order valence-electron chi connectivity index (χ1n) is 8.05. The lowest BCUT2D eigenvalue weighted by molar-refractivity contribution is -0.140. The van der Waals surface area contributed by atoms with Gasteiger partial charge in [-0.2, -0.15) is 0 Å². The summed E-state index contributed by atoms with van der Waals surface area (Å²) in [6.07, 6.45) is 6.53. The number of hydrogen-bond acceptors (Lipinski definition) is 7. The first-order valence-corrected chi connectivity index (χ1v) is 9.85. The molecule has 0 aromatic carbocycles. The fraction of sp³-hybridized carbons (Fsp3) is 0.562. The van der Waals surface area contributed by atoms with Gasteiger partial charge in [-0.15, -0.1) is 11.3 Å². The van der Waals surface area contributed by atoms with Crippen LogP contribution in [0.4, 0.5) is 5.82 Å². The molecule has 2 aromatic rings. The number of rotatable bonds is 6. The number of ether oxygens (including phenoxy) is 1. The molecular formula is C16H21N3O2S2. The van der Waals surface area contributed by atoms with E-state index in [9.17, 15) is 4.79 Å². The van der Waals surface area contributed by atoms with Crippen molar-refractivity contribution < 1.29 is 9.53 Å². The Morgan fingerprint density at radius 1 is 1.35 bits per heavy atom. The van der Waals surface area contributed by atoms with Gasteiger partial charge in [0.05, 0.1) is 17.7 Å². The minimum Gasteiger partial charge on any atom is -0.465 e. The zero-order valence-corrected chi connectivity index (χ0v) is 14.9. The SMILES string of the molecule is CCCCOC(=O)CSc1nc(N)c2c3c(sc2n1)CCCC3. The second-order valence-corrected chi connectivity index (χ2v) is 7.67. The standard InChI is InChI=1S/C16H21N3O2S2/c1-2-3-8-21-12(20)9-22-16-18-14(17)13-10-6-4-5-7-11(10)23-15(13)19-16/h2-9H2,1H3,(H2,17,18,19). The van der Waals surface area contributed by atoms with Gasteiger partial charge in [-0.25, -0.2) is 9.97 Å². The molecule has 0 aliphatic heterocycles. The third-order valence-electron chi connectivity index (χ3n) is 3.90. The predicted octanol–water partition coefficient (Wildman–Crippen LogP) is 3.59. The van der Waals surface area contributed by atoms with E-state index < -0.39 is 0 Å². The van der Waals surface area contributed by atoms with Crippen LogP contribution in [0.2, 0.25) is 0 Å². The van der Waals surface area contributed by atoms with Gasteiger partial charge >= 0.3 is 5.97 Å². The summed E-state index contributed by atoms with van der Waals surface area (Å²) in [7, 11) is 0. The van der Waals surface area contributed by atoms with Gasteiger partial charge in [0.2, 0.25) is 0 Å². The summed E-state index contributed by atoms with van der Waals surface area (Å²) < 4.78 is 5.14. The number of carbonyl (C=O) groups is 1. The molecule has 0 saturated carbocycles. The number of thiophene rings is 1. The van der Waals surface area contributed by atoms with E-state index in [1.54, 1.807) is 11.3 Å². The maximum atomic E-state index is 11.7. The summed E-state index contributed by atoms with van der Waals surface area (Å²) in [5.74, 6) is 0.534. The van der Waals surface area contributed by atoms with Crippen molar-refractivity contribution in [3.8, 4) is 0 Å². The molecule has 5 nitrogen and oxygen atoms in total. The molecule has 0 atom stereocenters. The smallest absolute Gasteiger partial charge is 0.316 e. The molecule has 1 aliphatic rings. The number of carbonyl (C=O) groups excluding carboxylic acids is 1. The zero-order valence-electron chi connectivity index (χ0n) is 13.3. The Labute approximate surface area is 144 Å². The highest BCUT2D eigenvalue weighted by molar-refractivity contribution is 7.99. The minimum atomic E-state index is -0.226. The highest BCUT2D eigenvalue weighted by Crippen LogP contribution is 2.38. The average Bonchev–Trinajstić information content (AvgIpc) is 2.92. The van der Waals surface area contributed by atoms with E-state index in [1.165, 1.54) is 35.0 Å². The molecule has 0 fully saturated rings. The summed E-state index contributed by atoms with van der Waals surface area (Å²) in [6.45, 7) is 2.55. The first kappa shape index (κ1) is 16.5. The van der Waals surface area contributed by atoms with Gasteiger partial charge in [-0.3, -0.25) is 4.79 Å². The van der Waals surface area contributed by atoms with Gasteiger partial charge in [0.1, 0.15) is 10.6 Å². The molecule has 1 aliphatic carbocycles. The largest absolute Gasteiger partial charge is 0.465 e. The van der Waals surface area contributed by atoms with Crippen LogP contribution in [0.1, 0.15) is 43.0 Å². The molecule has 0 radical (unpaired) electrons. The Balaban J connectivity index is 1.71. The maximum Gasteiger partial charge on any atom is 0.316 e. The van der Waals surface area contributed by atoms with Crippen molar-refractivity contribution in [3.63, 3.8) is 0 Å². The molecule has 0 amide bonds. The van der Waals surface area contributed by atoms with Crippen molar-refractivity contribution in [2.75, 3.05) is 18.1 Å². The van der Waals surface area contributed by atoms with Crippen molar-refractivity contribution in [1.29, 1.82) is 0 Å². The fourth-order valence-electron chi connectivity index (χ4n) is 2.73. The number of aryl methyl sites for hydroxylation is 2. The molecule has 0 saturated heterocycles. The number of fused-ring (bicyclic) bond motifs is 3. The van der Waals surface area contributed by atoms with Crippen LogP contribution in [-0.2, 0) is 22.4 Å². The summed E-state index contributed by atoms with van der Waals surface area (Å²) in [4.78, 5) is 23.0. The molecular weight excluding hydrogens is 330 g/mol. The van der Waals surface area contributed by atoms with Crippen molar-refractivity contribution in [2.45, 2.75) is 50.6 Å². The second-order valence-electron chi connectivity index (χ2n) is 5.65. The van der Waals surface area contributed by atoms with Gasteiger partial charge in [0.15, 0.2) is 5.16 Å². The lowest BCUT2D eigenvalue weighted by atomic mass is 9.97. The van der Waals surface area contributed by atoms with Gasteiger partial charge in [-0.05, 0) is 37.7 Å². The number of hydrogen-bond donors (Lipinski definition) is 1. The highest BCUT2D eigenvalue weighted by Gasteiger charge is 2.20. The van der Waals surface area contributed by atoms with Crippen LogP contribution in [-0.4, -0.2) is 28.3 Å². The third kappa shape index (κ3) is 3.77. The monoisotopic (exact) mass is 351 g/mol. The average molecular weight is 351 g/mol. The Bertz CT molecular complexity index is 715. The summed E-state index contributed by atoms with van der Waals surface area (Å²) in [6, 6.07) is 0. The molecule has 2 heterocycles. The van der Waals surface area contributed by atoms with E-state index in [2.05, 4.69) is 16.9 Å². The molecule has 3 rings (SSSR count). The maximum absolute atomic E-state index is 11.7. The van der Waals surface area contributed by atoms with Crippen molar-refractivity contribution in [2.24, 2.45) is 0 Å². The Kier molecular flexibility index (Phi) is 5.38. The van der Waals surface area contributed by atoms with Gasteiger partial charge in [0.25, 0.3) is 0 Å². The van der Waals surface area contributed by atoms with Crippen molar-refractivity contribution in [1.82, 2.24) is 9.97 Å². The second kappa shape index (κ2) is 7.49. The first-order chi connectivity index (χ1) is 11.2. The highest BCUT2D eigenvalue weighted by atomic mass is 32.2. The molecule has 7 heteroatoms. The number of anilines is 1. The third-order valence-corrected chi connectivity index (χ3v) is 5.91. The fourth-order valence-corrected chi connectivity index (χ4v) is 4.70. The quantitative estimate of drug-likeness (QED) is 0.371. The van der Waals surface area contributed by atoms with Crippen LogP contribution < -0.4 is 5.73 Å². The normalized spacial score (nSPS) is 14.0. The number of nitrogens with zero attached hydrogens (tertiary/aromatic N) is 2. The zero-order chi connectivity index (χ0) is 16.2. The lowest BCUT2D eigenvalue weighted by Gasteiger charge is -2.10. The van der Waals surface area contributed by atoms with Gasteiger partial charge < -0.3 is 10.5 Å². The van der Waals surface area contributed by atoms with Crippen LogP contribution in [0.5, 0.6) is 0 Å². The van der Waals surface area contributed by atoms with Crippen LogP contribution in [0.3, 0.4) is 0 Å². The molecule has 0 unspecified atom stereocenters. The Morgan fingerprint density at radius 3 is 3.00 bits per heavy atom. The molecule has 2 N–H and O–H groups in total. The number of esters is 1. The van der Waals surface area contributed by atoms with E-state index in [4.69, 9.17) is 10.5 Å². The topological polar surface area (TPSA) is 78.1 Å². The number of nitrogen functional groups attached to an aromatic ring is 1. The number of unbranched alkanes of at least 4 members (excludes halogenated alkanes) is 1. The molecule has 124 valence electrons. The van der Waals surface area contributed by atoms with E-state index in [1.807, 2.05) is 0 Å². The van der Waals surface area contributed by atoms with E-state index >= 15 is 0 Å². The van der Waals surface area contributed by atoms with E-state index in [0.717, 1.165) is 35.9 Å². The van der Waals surface area contributed by atoms with Crippen LogP contribution in [0, 0.1) is 0 Å². The number of aromatic nitrogens is 2. The van der Waals surface area contributed by atoms with E-state index in [-0.39, 0.29) is 11.7 Å². The van der Waals surface area contributed by atoms with Crippen LogP contribution in [0.15, 0.2) is 5.16 Å². The molecule has 23 heavy (non-hydrogen) atoms. The summed E-state index contributed by atoms with van der Waals surface area (Å²) in [5.41, 5.74) is 7.49. The van der Waals surface area contributed by atoms with E-state index in [0.29, 0.717) is 17.6 Å². The van der Waals surface area contributed by atoms with Gasteiger partial charge in [-0.1, -0.05) is 25.1 Å². The summed E-state index contributed by atoms with van der Waals surface area (Å²) in [5, 5.41) is 1.58. The molecule has 0 bridgehead atoms. The Morgan fingerprint density at radius 2 is 2.17 bits per heavy atom.